The van der Waals surface area contributed by atoms with Gasteiger partial charge in [-0.15, -0.1) is 0 Å². The van der Waals surface area contributed by atoms with Crippen LogP contribution in [0.2, 0.25) is 0 Å². The van der Waals surface area contributed by atoms with Crippen LogP contribution in [0, 0.1) is 0 Å². The molecule has 0 spiro atoms. The topological polar surface area (TPSA) is 38.0 Å². The predicted molar refractivity (Wildman–Crippen MR) is 79.4 cm³/mol. The van der Waals surface area contributed by atoms with Crippen LogP contribution in [-0.4, -0.2) is 21.3 Å². The second kappa shape index (κ2) is 6.71. The molecule has 0 fully saturated rings. The zero-order valence-electron chi connectivity index (χ0n) is 12.0. The summed E-state index contributed by atoms with van der Waals surface area (Å²) >= 11 is 0. The molecule has 0 unspecified atom stereocenters. The van der Waals surface area contributed by atoms with Crippen LogP contribution in [0.15, 0.2) is 18.2 Å². The quantitative estimate of drug-likeness (QED) is 0.829. The second-order valence-electron chi connectivity index (χ2n) is 5.04. The first-order valence-electron chi connectivity index (χ1n) is 7.39. The maximum atomic E-state index is 9.01. The molecule has 104 valence electrons. The first kappa shape index (κ1) is 14.1. The van der Waals surface area contributed by atoms with Gasteiger partial charge < -0.3 is 9.67 Å². The fourth-order valence-corrected chi connectivity index (χ4v) is 2.44. The van der Waals surface area contributed by atoms with Gasteiger partial charge in [-0.1, -0.05) is 26.3 Å². The normalized spacial score (nSPS) is 11.3. The van der Waals surface area contributed by atoms with Gasteiger partial charge in [0.1, 0.15) is 5.82 Å². The van der Waals surface area contributed by atoms with E-state index in [9.17, 15) is 0 Å². The number of unbranched alkanes of at least 4 members (excludes halogenated alkanes) is 1. The molecule has 1 heterocycles. The van der Waals surface area contributed by atoms with E-state index in [1.165, 1.54) is 23.9 Å². The van der Waals surface area contributed by atoms with Crippen LogP contribution in [0.3, 0.4) is 0 Å². The molecule has 19 heavy (non-hydrogen) atoms. The minimum atomic E-state index is 0.233. The zero-order chi connectivity index (χ0) is 13.7. The minimum absolute atomic E-state index is 0.233. The third-order valence-corrected chi connectivity index (χ3v) is 3.59. The van der Waals surface area contributed by atoms with Crippen LogP contribution >= 0.6 is 0 Å². The molecule has 1 aromatic carbocycles. The first-order chi connectivity index (χ1) is 9.30. The smallest absolute Gasteiger partial charge is 0.109 e. The number of nitrogens with zero attached hydrogens (tertiary/aromatic N) is 2. The summed E-state index contributed by atoms with van der Waals surface area (Å²) in [5.74, 6) is 1.12. The highest BCUT2D eigenvalue weighted by molar-refractivity contribution is 5.77. The molecule has 0 saturated heterocycles. The standard InChI is InChI=1S/C16H24N2O/c1-3-5-10-18-15-9-8-13(4-2)12-14(15)17-16(18)7-6-11-19/h8-9,12,19H,3-7,10-11H2,1-2H3. The number of imidazole rings is 1. The third-order valence-electron chi connectivity index (χ3n) is 3.59. The summed E-state index contributed by atoms with van der Waals surface area (Å²) in [5.41, 5.74) is 3.67. The van der Waals surface area contributed by atoms with Gasteiger partial charge in [0.25, 0.3) is 0 Å². The number of rotatable bonds is 7. The van der Waals surface area contributed by atoms with Gasteiger partial charge in [-0.05, 0) is 37.0 Å². The van der Waals surface area contributed by atoms with Gasteiger partial charge in [0, 0.05) is 19.6 Å². The van der Waals surface area contributed by atoms with Crippen molar-refractivity contribution in [3.8, 4) is 0 Å². The Morgan fingerprint density at radius 1 is 1.21 bits per heavy atom. The van der Waals surface area contributed by atoms with E-state index in [0.717, 1.165) is 37.1 Å². The van der Waals surface area contributed by atoms with E-state index in [4.69, 9.17) is 10.1 Å². The molecule has 1 N–H and O–H groups in total. The van der Waals surface area contributed by atoms with Crippen molar-refractivity contribution in [3.05, 3.63) is 29.6 Å². The molecule has 0 amide bonds. The molecule has 0 bridgehead atoms. The van der Waals surface area contributed by atoms with Crippen LogP contribution in [-0.2, 0) is 19.4 Å². The van der Waals surface area contributed by atoms with Crippen molar-refractivity contribution in [1.82, 2.24) is 9.55 Å². The maximum Gasteiger partial charge on any atom is 0.109 e. The summed E-state index contributed by atoms with van der Waals surface area (Å²) in [7, 11) is 0. The van der Waals surface area contributed by atoms with Crippen molar-refractivity contribution < 1.29 is 5.11 Å². The van der Waals surface area contributed by atoms with Gasteiger partial charge in [0.2, 0.25) is 0 Å². The van der Waals surface area contributed by atoms with Gasteiger partial charge in [-0.2, -0.15) is 0 Å². The number of aromatic nitrogens is 2. The number of benzene rings is 1. The summed E-state index contributed by atoms with van der Waals surface area (Å²) in [4.78, 5) is 4.76. The average molecular weight is 260 g/mol. The fraction of sp³-hybridized carbons (Fsp3) is 0.562. The predicted octanol–water partition coefficient (Wildman–Crippen LogP) is 3.32. The van der Waals surface area contributed by atoms with E-state index in [-0.39, 0.29) is 6.61 Å². The van der Waals surface area contributed by atoms with Gasteiger partial charge in [-0.25, -0.2) is 4.98 Å². The summed E-state index contributed by atoms with van der Waals surface area (Å²) < 4.78 is 2.33. The summed E-state index contributed by atoms with van der Waals surface area (Å²) in [5, 5.41) is 9.01. The largest absolute Gasteiger partial charge is 0.396 e. The van der Waals surface area contributed by atoms with Crippen LogP contribution in [0.5, 0.6) is 0 Å². The molecule has 3 nitrogen and oxygen atoms in total. The molecule has 3 heteroatoms. The number of fused-ring (bicyclic) bond motifs is 1. The van der Waals surface area contributed by atoms with E-state index in [0.29, 0.717) is 0 Å². The molecular weight excluding hydrogens is 236 g/mol. The van der Waals surface area contributed by atoms with Gasteiger partial charge in [-0.3, -0.25) is 0 Å². The second-order valence-corrected chi connectivity index (χ2v) is 5.04. The van der Waals surface area contributed by atoms with E-state index >= 15 is 0 Å². The SMILES string of the molecule is CCCCn1c(CCCO)nc2cc(CC)ccc21. The van der Waals surface area contributed by atoms with Crippen LogP contribution in [0.25, 0.3) is 11.0 Å². The molecule has 0 atom stereocenters. The molecule has 1 aromatic heterocycles. The molecule has 2 rings (SSSR count). The fourth-order valence-electron chi connectivity index (χ4n) is 2.44. The highest BCUT2D eigenvalue weighted by Crippen LogP contribution is 2.20. The first-order valence-corrected chi connectivity index (χ1v) is 7.39. The Labute approximate surface area is 115 Å². The summed E-state index contributed by atoms with van der Waals surface area (Å²) in [6.07, 6.45) is 5.05. The van der Waals surface area contributed by atoms with Crippen molar-refractivity contribution in [2.24, 2.45) is 0 Å². The third kappa shape index (κ3) is 3.16. The Kier molecular flexibility index (Phi) is 4.97. The Hall–Kier alpha value is -1.35. The number of aryl methyl sites for hydroxylation is 3. The number of aliphatic hydroxyl groups excluding tert-OH is 1. The number of hydrogen-bond donors (Lipinski definition) is 1. The summed E-state index contributed by atoms with van der Waals surface area (Å²) in [6.45, 7) is 5.64. The highest BCUT2D eigenvalue weighted by Gasteiger charge is 2.10. The van der Waals surface area contributed by atoms with Gasteiger partial charge >= 0.3 is 0 Å². The van der Waals surface area contributed by atoms with Crippen molar-refractivity contribution in [1.29, 1.82) is 0 Å². The molecule has 0 aliphatic rings. The number of aliphatic hydroxyl groups is 1. The zero-order valence-corrected chi connectivity index (χ0v) is 12.0. The van der Waals surface area contributed by atoms with E-state index in [2.05, 4.69) is 36.6 Å². The van der Waals surface area contributed by atoms with Crippen LogP contribution < -0.4 is 0 Å². The van der Waals surface area contributed by atoms with E-state index in [1.54, 1.807) is 0 Å². The lowest BCUT2D eigenvalue weighted by atomic mass is 10.1. The summed E-state index contributed by atoms with van der Waals surface area (Å²) in [6, 6.07) is 6.59. The molecule has 0 aliphatic heterocycles. The Balaban J connectivity index is 2.39. The van der Waals surface area contributed by atoms with Crippen molar-refractivity contribution >= 4 is 11.0 Å². The average Bonchev–Trinajstić information content (AvgIpc) is 2.79. The van der Waals surface area contributed by atoms with E-state index < -0.39 is 0 Å². The maximum absolute atomic E-state index is 9.01. The van der Waals surface area contributed by atoms with Crippen molar-refractivity contribution in [2.75, 3.05) is 6.61 Å². The van der Waals surface area contributed by atoms with Crippen LogP contribution in [0.4, 0.5) is 0 Å². The monoisotopic (exact) mass is 260 g/mol. The van der Waals surface area contributed by atoms with Crippen molar-refractivity contribution in [2.45, 2.75) is 52.5 Å². The Bertz CT molecular complexity index is 531. The van der Waals surface area contributed by atoms with Crippen molar-refractivity contribution in [3.63, 3.8) is 0 Å². The lowest BCUT2D eigenvalue weighted by Crippen LogP contribution is -2.05. The molecule has 0 aliphatic carbocycles. The van der Waals surface area contributed by atoms with Gasteiger partial charge in [0.05, 0.1) is 11.0 Å². The Morgan fingerprint density at radius 2 is 2.05 bits per heavy atom. The van der Waals surface area contributed by atoms with Crippen LogP contribution in [0.1, 0.15) is 44.5 Å². The lowest BCUT2D eigenvalue weighted by molar-refractivity contribution is 0.287. The Morgan fingerprint density at radius 3 is 2.74 bits per heavy atom. The molecule has 2 aromatic rings. The number of hydrogen-bond acceptors (Lipinski definition) is 2. The molecule has 0 radical (unpaired) electrons. The van der Waals surface area contributed by atoms with E-state index in [1.807, 2.05) is 0 Å². The van der Waals surface area contributed by atoms with Gasteiger partial charge in [0.15, 0.2) is 0 Å². The minimum Gasteiger partial charge on any atom is -0.396 e. The molecular formula is C16H24N2O. The lowest BCUT2D eigenvalue weighted by Gasteiger charge is -2.08. The highest BCUT2D eigenvalue weighted by atomic mass is 16.2. The molecule has 0 saturated carbocycles.